The van der Waals surface area contributed by atoms with Crippen molar-refractivity contribution in [2.24, 2.45) is 0 Å². The Balaban J connectivity index is 1.75. The summed E-state index contributed by atoms with van der Waals surface area (Å²) >= 11 is 0. The summed E-state index contributed by atoms with van der Waals surface area (Å²) in [6.45, 7) is 2.19. The van der Waals surface area contributed by atoms with Gasteiger partial charge in [0.2, 0.25) is 5.91 Å². The fourth-order valence-corrected chi connectivity index (χ4v) is 4.17. The largest absolute Gasteiger partial charge is 0.463 e. The summed E-state index contributed by atoms with van der Waals surface area (Å²) in [4.78, 5) is 30.1. The number of allylic oxidation sites excluding steroid dienone is 1. The zero-order valence-corrected chi connectivity index (χ0v) is 16.3. The zero-order valence-electron chi connectivity index (χ0n) is 16.3. The molecule has 5 heteroatoms. The van der Waals surface area contributed by atoms with Crippen molar-refractivity contribution in [3.8, 4) is 11.1 Å². The van der Waals surface area contributed by atoms with Gasteiger partial charge in [-0.25, -0.2) is 4.79 Å². The van der Waals surface area contributed by atoms with E-state index < -0.39 is 0 Å². The molecule has 5 nitrogen and oxygen atoms in total. The molecule has 28 heavy (non-hydrogen) atoms. The first-order valence-corrected chi connectivity index (χ1v) is 9.83. The molecule has 2 heterocycles. The van der Waals surface area contributed by atoms with E-state index in [0.717, 1.165) is 53.6 Å². The first-order valence-electron chi connectivity index (χ1n) is 9.83. The third-order valence-electron chi connectivity index (χ3n) is 5.59. The van der Waals surface area contributed by atoms with Gasteiger partial charge in [-0.2, -0.15) is 0 Å². The predicted octanol–water partition coefficient (Wildman–Crippen LogP) is 3.94. The SMILES string of the molecule is CCOC(=O)C=C1CCCc2c1cncc2-c1ccc2c(c1)CCC(=O)N2C. The molecule has 0 atom stereocenters. The number of rotatable bonds is 3. The first-order chi connectivity index (χ1) is 13.6. The number of benzene rings is 1. The van der Waals surface area contributed by atoms with Crippen LogP contribution < -0.4 is 4.90 Å². The van der Waals surface area contributed by atoms with E-state index in [9.17, 15) is 9.59 Å². The lowest BCUT2D eigenvalue weighted by Crippen LogP contribution is -2.31. The second kappa shape index (κ2) is 7.58. The number of carbonyl (C=O) groups is 2. The normalized spacial score (nSPS) is 17.3. The highest BCUT2D eigenvalue weighted by Crippen LogP contribution is 2.38. The standard InChI is InChI=1S/C23H24N2O3/c1-3-28-23(27)12-15-5-4-6-18-19(15)13-24-14-20(18)16-7-9-21-17(11-16)8-10-22(26)25(21)2/h7,9,11-14H,3-6,8,10H2,1-2H3. The van der Waals surface area contributed by atoms with Gasteiger partial charge in [0.05, 0.1) is 6.61 Å². The van der Waals surface area contributed by atoms with Crippen LogP contribution in [0.15, 0.2) is 36.7 Å². The highest BCUT2D eigenvalue weighted by molar-refractivity contribution is 5.96. The molecule has 1 aliphatic carbocycles. The van der Waals surface area contributed by atoms with Gasteiger partial charge in [0.25, 0.3) is 0 Å². The van der Waals surface area contributed by atoms with Crippen LogP contribution in [0.4, 0.5) is 5.69 Å². The Morgan fingerprint density at radius 1 is 1.18 bits per heavy atom. The van der Waals surface area contributed by atoms with Crippen LogP contribution >= 0.6 is 0 Å². The number of hydrogen-bond donors (Lipinski definition) is 0. The number of hydrogen-bond acceptors (Lipinski definition) is 4. The molecule has 1 aromatic carbocycles. The number of esters is 1. The Labute approximate surface area is 165 Å². The van der Waals surface area contributed by atoms with Crippen LogP contribution in [0, 0.1) is 0 Å². The average molecular weight is 376 g/mol. The zero-order chi connectivity index (χ0) is 19.7. The fourth-order valence-electron chi connectivity index (χ4n) is 4.17. The average Bonchev–Trinajstić information content (AvgIpc) is 2.70. The Hall–Kier alpha value is -2.95. The van der Waals surface area contributed by atoms with E-state index >= 15 is 0 Å². The predicted molar refractivity (Wildman–Crippen MR) is 109 cm³/mol. The maximum Gasteiger partial charge on any atom is 0.331 e. The molecular formula is C23H24N2O3. The van der Waals surface area contributed by atoms with E-state index in [1.54, 1.807) is 11.0 Å². The van der Waals surface area contributed by atoms with Crippen molar-refractivity contribution in [1.82, 2.24) is 4.98 Å². The quantitative estimate of drug-likeness (QED) is 0.601. The van der Waals surface area contributed by atoms with Crippen molar-refractivity contribution in [2.45, 2.75) is 39.0 Å². The van der Waals surface area contributed by atoms with Crippen LogP contribution in [-0.4, -0.2) is 30.5 Å². The molecule has 4 rings (SSSR count). The Bertz CT molecular complexity index is 978. The van der Waals surface area contributed by atoms with Crippen molar-refractivity contribution in [1.29, 1.82) is 0 Å². The molecule has 2 aromatic rings. The molecule has 0 fully saturated rings. The lowest BCUT2D eigenvalue weighted by atomic mass is 9.84. The van der Waals surface area contributed by atoms with Crippen LogP contribution in [0.25, 0.3) is 16.7 Å². The summed E-state index contributed by atoms with van der Waals surface area (Å²) in [6.07, 6.45) is 9.50. The van der Waals surface area contributed by atoms with Gasteiger partial charge in [-0.1, -0.05) is 6.07 Å². The van der Waals surface area contributed by atoms with Gasteiger partial charge < -0.3 is 9.64 Å². The maximum absolute atomic E-state index is 11.9. The molecule has 0 N–H and O–H groups in total. The Morgan fingerprint density at radius 2 is 2.00 bits per heavy atom. The summed E-state index contributed by atoms with van der Waals surface area (Å²) in [5, 5.41) is 0. The molecule has 0 radical (unpaired) electrons. The van der Waals surface area contributed by atoms with Crippen molar-refractivity contribution in [2.75, 3.05) is 18.6 Å². The maximum atomic E-state index is 11.9. The summed E-state index contributed by atoms with van der Waals surface area (Å²) in [5.74, 6) is -0.134. The molecule has 1 aliphatic heterocycles. The lowest BCUT2D eigenvalue weighted by Gasteiger charge is -2.27. The van der Waals surface area contributed by atoms with Crippen LogP contribution in [0.5, 0.6) is 0 Å². The van der Waals surface area contributed by atoms with Crippen molar-refractivity contribution in [3.63, 3.8) is 0 Å². The molecule has 2 aliphatic rings. The number of fused-ring (bicyclic) bond motifs is 2. The smallest absolute Gasteiger partial charge is 0.331 e. The second-order valence-electron chi connectivity index (χ2n) is 7.28. The van der Waals surface area contributed by atoms with Crippen molar-refractivity contribution in [3.05, 3.63) is 53.4 Å². The number of aryl methyl sites for hydroxylation is 1. The lowest BCUT2D eigenvalue weighted by molar-refractivity contribution is -0.137. The van der Waals surface area contributed by atoms with Crippen molar-refractivity contribution < 1.29 is 14.3 Å². The molecule has 0 bridgehead atoms. The van der Waals surface area contributed by atoms with Gasteiger partial charge in [0, 0.05) is 48.8 Å². The Kier molecular flexibility index (Phi) is 4.99. The van der Waals surface area contributed by atoms with Gasteiger partial charge in [-0.15, -0.1) is 0 Å². The van der Waals surface area contributed by atoms with Crippen LogP contribution in [-0.2, 0) is 27.2 Å². The monoisotopic (exact) mass is 376 g/mol. The number of ether oxygens (including phenoxy) is 1. The van der Waals surface area contributed by atoms with E-state index in [1.165, 1.54) is 11.1 Å². The van der Waals surface area contributed by atoms with Crippen molar-refractivity contribution >= 4 is 23.1 Å². The number of aromatic nitrogens is 1. The summed E-state index contributed by atoms with van der Waals surface area (Å²) in [5.41, 5.74) is 7.67. The first kappa shape index (κ1) is 18.4. The molecule has 144 valence electrons. The molecule has 0 saturated carbocycles. The second-order valence-corrected chi connectivity index (χ2v) is 7.28. The Morgan fingerprint density at radius 3 is 2.82 bits per heavy atom. The fraction of sp³-hybridized carbons (Fsp3) is 0.348. The number of amides is 1. The van der Waals surface area contributed by atoms with E-state index in [-0.39, 0.29) is 11.9 Å². The highest BCUT2D eigenvalue weighted by atomic mass is 16.5. The van der Waals surface area contributed by atoms with Gasteiger partial charge >= 0.3 is 5.97 Å². The number of nitrogens with zero attached hydrogens (tertiary/aromatic N) is 2. The third kappa shape index (κ3) is 3.33. The van der Waals surface area contributed by atoms with E-state index in [4.69, 9.17) is 4.74 Å². The number of pyridine rings is 1. The number of anilines is 1. The van der Waals surface area contributed by atoms with Gasteiger partial charge in [0.1, 0.15) is 0 Å². The molecule has 0 spiro atoms. The number of carbonyl (C=O) groups excluding carboxylic acids is 2. The topological polar surface area (TPSA) is 59.5 Å². The van der Waals surface area contributed by atoms with Gasteiger partial charge in [-0.05, 0) is 67.0 Å². The summed E-state index contributed by atoms with van der Waals surface area (Å²) in [7, 11) is 1.83. The summed E-state index contributed by atoms with van der Waals surface area (Å²) < 4.78 is 5.09. The van der Waals surface area contributed by atoms with E-state index in [0.29, 0.717) is 13.0 Å². The van der Waals surface area contributed by atoms with E-state index in [2.05, 4.69) is 17.1 Å². The van der Waals surface area contributed by atoms with Gasteiger partial charge in [-0.3, -0.25) is 9.78 Å². The molecule has 1 aromatic heterocycles. The van der Waals surface area contributed by atoms with Crippen LogP contribution in [0.3, 0.4) is 0 Å². The van der Waals surface area contributed by atoms with E-state index in [1.807, 2.05) is 32.4 Å². The molecular weight excluding hydrogens is 352 g/mol. The minimum absolute atomic E-state index is 0.160. The van der Waals surface area contributed by atoms with Crippen LogP contribution in [0.2, 0.25) is 0 Å². The minimum Gasteiger partial charge on any atom is -0.463 e. The third-order valence-corrected chi connectivity index (χ3v) is 5.59. The molecule has 0 saturated heterocycles. The highest BCUT2D eigenvalue weighted by Gasteiger charge is 2.23. The van der Waals surface area contributed by atoms with Gasteiger partial charge in [0.15, 0.2) is 0 Å². The molecule has 1 amide bonds. The minimum atomic E-state index is -0.294. The summed E-state index contributed by atoms with van der Waals surface area (Å²) in [6, 6.07) is 6.27. The molecule has 0 unspecified atom stereocenters. The van der Waals surface area contributed by atoms with Crippen LogP contribution in [0.1, 0.15) is 42.9 Å².